The second-order valence-electron chi connectivity index (χ2n) is 14.7. The number of guanidine groups is 4. The van der Waals surface area contributed by atoms with Crippen molar-refractivity contribution in [3.8, 4) is 0 Å². The van der Waals surface area contributed by atoms with Gasteiger partial charge in [-0.15, -0.1) is 92.8 Å². The maximum Gasteiger partial charge on any atom is 0.0967 e. The summed E-state index contributed by atoms with van der Waals surface area (Å²) < 4.78 is 0. The van der Waals surface area contributed by atoms with Crippen molar-refractivity contribution in [2.45, 2.75) is 51.4 Å². The Bertz CT molecular complexity index is 1570. The van der Waals surface area contributed by atoms with Crippen molar-refractivity contribution >= 4 is 129 Å². The molecule has 0 bridgehead atoms. The number of carboxylic acids is 2. The summed E-state index contributed by atoms with van der Waals surface area (Å²) in [4.78, 5) is 46.6. The second-order valence-corrected chi connectivity index (χ2v) is 18.0. The van der Waals surface area contributed by atoms with Gasteiger partial charge in [0.1, 0.15) is 0 Å². The van der Waals surface area contributed by atoms with Crippen LogP contribution in [-0.2, 0) is 40.8 Å². The van der Waals surface area contributed by atoms with Crippen molar-refractivity contribution in [2.24, 2.45) is 20.0 Å². The van der Waals surface area contributed by atoms with Crippen molar-refractivity contribution in [3.63, 3.8) is 0 Å². The van der Waals surface area contributed by atoms with Gasteiger partial charge in [-0.25, -0.2) is 0 Å². The van der Waals surface area contributed by atoms with Gasteiger partial charge in [-0.2, -0.15) is 0 Å². The fourth-order valence-corrected chi connectivity index (χ4v) is 6.92. The SMILES string of the molecule is C1CN=C2[N-]CCCN2C1.C1CN=C2[N-]CCCN2C1.C1CN=C2[N-]CCCN2C1.C1CN=C2[N-]CCCN2C1.ClCCl.ClCCl.ClCCl.ClCCl.O=C([O-])c1ccccc1.O=C([O-])c1ccccc1.[Pd].[Pd]. The molecule has 2 aromatic carbocycles. The summed E-state index contributed by atoms with van der Waals surface area (Å²) in [7, 11) is 0. The Balaban J connectivity index is 0. The smallest absolute Gasteiger partial charge is 0.0967 e. The molecule has 8 heterocycles. The fraction of sp³-hybridized carbons (Fsp3) is 0.609. The van der Waals surface area contributed by atoms with E-state index in [9.17, 15) is 19.8 Å². The van der Waals surface area contributed by atoms with Crippen molar-refractivity contribution in [1.82, 2.24) is 19.6 Å². The van der Waals surface area contributed by atoms with Crippen LogP contribution in [0.1, 0.15) is 72.1 Å². The molecule has 0 unspecified atom stereocenters. The van der Waals surface area contributed by atoms with Crippen LogP contribution in [0.4, 0.5) is 0 Å². The van der Waals surface area contributed by atoms with Crippen molar-refractivity contribution in [1.29, 1.82) is 0 Å². The van der Waals surface area contributed by atoms with Gasteiger partial charge in [0.15, 0.2) is 0 Å². The summed E-state index contributed by atoms with van der Waals surface area (Å²) >= 11 is 38.1. The number of carboxylic acid groups (broad SMARTS) is 2. The Morgan fingerprint density at radius 1 is 0.389 bits per heavy atom. The molecule has 416 valence electrons. The van der Waals surface area contributed by atoms with E-state index < -0.39 is 11.9 Å². The second kappa shape index (κ2) is 50.0. The minimum atomic E-state index is -1.13. The van der Waals surface area contributed by atoms with Gasteiger partial charge in [-0.05, 0) is 167 Å². The molecule has 0 aromatic heterocycles. The third kappa shape index (κ3) is 34.6. The van der Waals surface area contributed by atoms with E-state index >= 15 is 0 Å². The molecule has 0 aliphatic carbocycles. The van der Waals surface area contributed by atoms with E-state index in [4.69, 9.17) is 92.8 Å². The number of fused-ring (bicyclic) bond motifs is 4. The Morgan fingerprint density at radius 3 is 0.750 bits per heavy atom. The molecule has 0 spiro atoms. The summed E-state index contributed by atoms with van der Waals surface area (Å²) in [6.07, 6.45) is 9.66. The summed E-state index contributed by atoms with van der Waals surface area (Å²) in [6.45, 7) is 17.2. The summed E-state index contributed by atoms with van der Waals surface area (Å²) in [5.41, 5.74) is 0.440. The van der Waals surface area contributed by atoms with Crippen LogP contribution in [0.3, 0.4) is 0 Å². The molecule has 72 heavy (non-hydrogen) atoms. The number of benzene rings is 2. The molecule has 26 heteroatoms. The van der Waals surface area contributed by atoms with Gasteiger partial charge in [-0.3, -0.25) is 0 Å². The van der Waals surface area contributed by atoms with E-state index in [1.807, 2.05) is 0 Å². The Kier molecular flexibility index (Phi) is 50.1. The summed E-state index contributed by atoms with van der Waals surface area (Å²) in [5.74, 6) is 1.79. The summed E-state index contributed by atoms with van der Waals surface area (Å²) in [5, 5.41) is 38.3. The monoisotopic (exact) mass is 1340 g/mol. The van der Waals surface area contributed by atoms with Gasteiger partial charge < -0.3 is 80.6 Å². The zero-order valence-electron chi connectivity index (χ0n) is 40.2. The maximum atomic E-state index is 10.1. The number of aliphatic imine (C=N–C) groups is 4. The van der Waals surface area contributed by atoms with Gasteiger partial charge in [0.25, 0.3) is 0 Å². The van der Waals surface area contributed by atoms with E-state index in [1.165, 1.54) is 128 Å². The molecule has 10 rings (SSSR count). The number of hydrogen-bond acceptors (Lipinski definition) is 12. The third-order valence-electron chi connectivity index (χ3n) is 9.87. The maximum absolute atomic E-state index is 10.1. The molecule has 2 aromatic rings. The number of rotatable bonds is 2. The normalized spacial score (nSPS) is 17.0. The number of alkyl halides is 8. The van der Waals surface area contributed by atoms with Crippen LogP contribution >= 0.6 is 92.8 Å². The Hall–Kier alpha value is -1.90. The Morgan fingerprint density at radius 2 is 0.583 bits per heavy atom. The van der Waals surface area contributed by atoms with Gasteiger partial charge in [0, 0.05) is 64.7 Å². The molecule has 8 aliphatic heterocycles. The standard InChI is InChI=1S/4C7H12N3.2C7H6O2.4CH2Cl2.2Pd/c4*1-3-8-7-9-4-2-6-10(7)5-1;2*8-7(9)6-4-2-1-3-5-6;4*2-1-3;;/h4*1-6H2;2*1-5H,(H,8,9);4*1H2;;/q4*-1;;;;;;;;/p-2. The Labute approximate surface area is 495 Å². The predicted octanol–water partition coefficient (Wildman–Crippen LogP) is 9.08. The van der Waals surface area contributed by atoms with E-state index in [1.54, 1.807) is 36.4 Å². The first-order valence-corrected chi connectivity index (χ1v) is 27.3. The first-order chi connectivity index (χ1) is 34.1. The van der Waals surface area contributed by atoms with Gasteiger partial charge in [0.05, 0.1) is 33.3 Å². The quantitative estimate of drug-likeness (QED) is 0.209. The fourth-order valence-electron chi connectivity index (χ4n) is 6.92. The largest absolute Gasteiger partial charge is 0.545 e. The molecule has 0 atom stereocenters. The van der Waals surface area contributed by atoms with Crippen LogP contribution in [-0.4, -0.2) is 181 Å². The molecule has 8 aliphatic rings. The van der Waals surface area contributed by atoms with Crippen LogP contribution in [0.15, 0.2) is 80.6 Å². The van der Waals surface area contributed by atoms with Crippen LogP contribution in [0, 0.1) is 0 Å². The van der Waals surface area contributed by atoms with Gasteiger partial charge in [0.2, 0.25) is 0 Å². The van der Waals surface area contributed by atoms with E-state index in [0.717, 1.165) is 76.2 Å². The van der Waals surface area contributed by atoms with E-state index in [-0.39, 0.29) is 73.3 Å². The molecule has 0 amide bonds. The number of carbonyl (C=O) groups is 2. The van der Waals surface area contributed by atoms with Crippen molar-refractivity contribution < 1.29 is 60.6 Å². The summed E-state index contributed by atoms with van der Waals surface area (Å²) in [6, 6.07) is 16.1. The van der Waals surface area contributed by atoms with Crippen molar-refractivity contribution in [3.05, 3.63) is 93.1 Å². The average Bonchev–Trinajstić information content (AvgIpc) is 3.41. The molecule has 4 fully saturated rings. The molecular formula is C46H66Cl8N12O4Pd2-6. The average molecular weight is 1350 g/mol. The van der Waals surface area contributed by atoms with Crippen LogP contribution in [0.2, 0.25) is 0 Å². The number of aromatic carboxylic acids is 2. The number of carbonyl (C=O) groups excluding carboxylic acids is 2. The molecular weight excluding hydrogens is 1280 g/mol. The zero-order chi connectivity index (χ0) is 51.5. The van der Waals surface area contributed by atoms with Crippen LogP contribution in [0.25, 0.3) is 21.3 Å². The number of hydrogen-bond donors (Lipinski definition) is 0. The van der Waals surface area contributed by atoms with Gasteiger partial charge >= 0.3 is 0 Å². The zero-order valence-corrected chi connectivity index (χ0v) is 49.4. The van der Waals surface area contributed by atoms with Crippen molar-refractivity contribution in [2.75, 3.05) is 126 Å². The van der Waals surface area contributed by atoms with Crippen LogP contribution in [0.5, 0.6) is 0 Å². The number of nitrogens with zero attached hydrogens (tertiary/aromatic N) is 12. The first-order valence-electron chi connectivity index (χ1n) is 23.0. The minimum Gasteiger partial charge on any atom is -0.545 e. The number of halogens is 8. The van der Waals surface area contributed by atoms with E-state index in [0.29, 0.717) is 0 Å². The molecule has 4 saturated heterocycles. The first kappa shape index (κ1) is 72.2. The molecule has 0 saturated carbocycles. The van der Waals surface area contributed by atoms with E-state index in [2.05, 4.69) is 60.8 Å². The minimum absolute atomic E-state index is 0. The third-order valence-corrected chi connectivity index (χ3v) is 9.87. The molecule has 0 radical (unpaired) electrons. The predicted molar refractivity (Wildman–Crippen MR) is 293 cm³/mol. The molecule has 16 nitrogen and oxygen atoms in total. The topological polar surface area (TPSA) is 199 Å². The van der Waals surface area contributed by atoms with Crippen LogP contribution < -0.4 is 10.2 Å². The van der Waals surface area contributed by atoms with Gasteiger partial charge in [-0.1, -0.05) is 60.7 Å². The molecule has 0 N–H and O–H groups in total.